The topological polar surface area (TPSA) is 63.2 Å². The normalized spacial score (nSPS) is 14.6. The molecule has 1 rings (SSSR count). The van der Waals surface area contributed by atoms with E-state index in [9.17, 15) is 22.0 Å². The molecule has 1 amide bonds. The first-order valence-corrected chi connectivity index (χ1v) is 8.64. The van der Waals surface area contributed by atoms with Crippen LogP contribution in [0.1, 0.15) is 37.6 Å². The van der Waals surface area contributed by atoms with Crippen molar-refractivity contribution in [1.29, 1.82) is 0 Å². The number of hydrogen-bond donors (Lipinski definition) is 1. The standard InChI is InChI=1S/C13H16ClF2NO3S/c1-4-7(2)8(3)17-13(18)11-9(15)5-6-10(12(11)16)21(14,19)20/h5-8H,4H2,1-3H3,(H,17,18). The molecule has 0 aliphatic rings. The molecule has 0 saturated heterocycles. The number of carbonyl (C=O) groups excluding carboxylic acids is 1. The summed E-state index contributed by atoms with van der Waals surface area (Å²) in [5, 5.41) is 2.45. The van der Waals surface area contributed by atoms with Crippen LogP contribution in [0, 0.1) is 17.6 Å². The molecular weight excluding hydrogens is 324 g/mol. The van der Waals surface area contributed by atoms with Gasteiger partial charge in [-0.1, -0.05) is 20.3 Å². The van der Waals surface area contributed by atoms with Gasteiger partial charge in [-0.25, -0.2) is 17.2 Å². The Bertz CT molecular complexity index is 649. The molecule has 118 valence electrons. The average Bonchev–Trinajstić information content (AvgIpc) is 2.35. The second kappa shape index (κ2) is 6.70. The fourth-order valence-electron chi connectivity index (χ4n) is 1.70. The van der Waals surface area contributed by atoms with Gasteiger partial charge in [0.2, 0.25) is 0 Å². The molecule has 0 fully saturated rings. The smallest absolute Gasteiger partial charge is 0.264 e. The first kappa shape index (κ1) is 17.8. The molecular formula is C13H16ClF2NO3S. The summed E-state index contributed by atoms with van der Waals surface area (Å²) in [6.07, 6.45) is 0.766. The highest BCUT2D eigenvalue weighted by atomic mass is 35.7. The van der Waals surface area contributed by atoms with Crippen LogP contribution < -0.4 is 5.32 Å². The van der Waals surface area contributed by atoms with Crippen molar-refractivity contribution in [3.8, 4) is 0 Å². The lowest BCUT2D eigenvalue weighted by Gasteiger charge is -2.20. The van der Waals surface area contributed by atoms with E-state index >= 15 is 0 Å². The van der Waals surface area contributed by atoms with Gasteiger partial charge >= 0.3 is 0 Å². The molecule has 2 unspecified atom stereocenters. The number of benzene rings is 1. The first-order valence-electron chi connectivity index (χ1n) is 6.33. The molecule has 1 aromatic carbocycles. The van der Waals surface area contributed by atoms with Gasteiger partial charge in [0.15, 0.2) is 5.82 Å². The SMILES string of the molecule is CCC(C)C(C)NC(=O)c1c(F)ccc(S(=O)(=O)Cl)c1F. The zero-order chi connectivity index (χ0) is 16.4. The van der Waals surface area contributed by atoms with Crippen LogP contribution in [-0.2, 0) is 9.05 Å². The van der Waals surface area contributed by atoms with Crippen LogP contribution in [-0.4, -0.2) is 20.4 Å². The minimum atomic E-state index is -4.41. The van der Waals surface area contributed by atoms with E-state index in [1.54, 1.807) is 6.92 Å². The third-order valence-corrected chi connectivity index (χ3v) is 4.74. The maximum atomic E-state index is 14.0. The van der Waals surface area contributed by atoms with E-state index in [0.29, 0.717) is 12.1 Å². The number of halogens is 3. The van der Waals surface area contributed by atoms with Gasteiger partial charge in [0.25, 0.3) is 15.0 Å². The van der Waals surface area contributed by atoms with Crippen LogP contribution in [0.15, 0.2) is 17.0 Å². The van der Waals surface area contributed by atoms with E-state index in [1.165, 1.54) is 0 Å². The van der Waals surface area contributed by atoms with Crippen molar-refractivity contribution in [2.24, 2.45) is 5.92 Å². The van der Waals surface area contributed by atoms with E-state index in [0.717, 1.165) is 6.42 Å². The van der Waals surface area contributed by atoms with Gasteiger partial charge in [-0.3, -0.25) is 4.79 Å². The van der Waals surface area contributed by atoms with Crippen molar-refractivity contribution < 1.29 is 22.0 Å². The summed E-state index contributed by atoms with van der Waals surface area (Å²) >= 11 is 0. The molecule has 0 saturated carbocycles. The van der Waals surface area contributed by atoms with Gasteiger partial charge in [-0.2, -0.15) is 0 Å². The van der Waals surface area contributed by atoms with Crippen molar-refractivity contribution in [1.82, 2.24) is 5.32 Å². The molecule has 4 nitrogen and oxygen atoms in total. The van der Waals surface area contributed by atoms with Crippen molar-refractivity contribution in [2.75, 3.05) is 0 Å². The van der Waals surface area contributed by atoms with Crippen LogP contribution >= 0.6 is 10.7 Å². The van der Waals surface area contributed by atoms with E-state index in [1.807, 2.05) is 13.8 Å². The molecule has 0 heterocycles. The quantitative estimate of drug-likeness (QED) is 0.839. The summed E-state index contributed by atoms with van der Waals surface area (Å²) < 4.78 is 50.1. The summed E-state index contributed by atoms with van der Waals surface area (Å²) in [4.78, 5) is 11.0. The van der Waals surface area contributed by atoms with Gasteiger partial charge in [0, 0.05) is 16.7 Å². The maximum Gasteiger partial charge on any atom is 0.264 e. The Kier molecular flexibility index (Phi) is 5.69. The Morgan fingerprint density at radius 3 is 2.38 bits per heavy atom. The average molecular weight is 340 g/mol. The van der Waals surface area contributed by atoms with Crippen LogP contribution in [0.4, 0.5) is 8.78 Å². The third-order valence-electron chi connectivity index (χ3n) is 3.40. The minimum Gasteiger partial charge on any atom is -0.349 e. The van der Waals surface area contributed by atoms with Crippen molar-refractivity contribution in [2.45, 2.75) is 38.1 Å². The van der Waals surface area contributed by atoms with Crippen LogP contribution in [0.25, 0.3) is 0 Å². The maximum absolute atomic E-state index is 14.0. The number of rotatable bonds is 5. The highest BCUT2D eigenvalue weighted by Crippen LogP contribution is 2.24. The monoisotopic (exact) mass is 339 g/mol. The highest BCUT2D eigenvalue weighted by Gasteiger charge is 2.27. The molecule has 0 aliphatic carbocycles. The second-order valence-electron chi connectivity index (χ2n) is 4.82. The third kappa shape index (κ3) is 4.14. The molecule has 2 atom stereocenters. The first-order chi connectivity index (χ1) is 9.59. The van der Waals surface area contributed by atoms with Gasteiger partial charge in [-0.15, -0.1) is 0 Å². The van der Waals surface area contributed by atoms with Gasteiger partial charge in [-0.05, 0) is 25.0 Å². The second-order valence-corrected chi connectivity index (χ2v) is 7.35. The van der Waals surface area contributed by atoms with Crippen LogP contribution in [0.2, 0.25) is 0 Å². The molecule has 1 N–H and O–H groups in total. The van der Waals surface area contributed by atoms with E-state index < -0.39 is 37.1 Å². The largest absolute Gasteiger partial charge is 0.349 e. The number of amides is 1. The number of hydrogen-bond acceptors (Lipinski definition) is 3. The van der Waals surface area contributed by atoms with E-state index in [2.05, 4.69) is 5.32 Å². The molecule has 0 spiro atoms. The summed E-state index contributed by atoms with van der Waals surface area (Å²) in [5.41, 5.74) is -0.952. The van der Waals surface area contributed by atoms with Gasteiger partial charge in [0.05, 0.1) is 0 Å². The number of nitrogens with one attached hydrogen (secondary N) is 1. The highest BCUT2D eigenvalue weighted by molar-refractivity contribution is 8.13. The lowest BCUT2D eigenvalue weighted by molar-refractivity contribution is 0.0919. The molecule has 21 heavy (non-hydrogen) atoms. The summed E-state index contributed by atoms with van der Waals surface area (Å²) in [7, 11) is 0.644. The minimum absolute atomic E-state index is 0.0972. The van der Waals surface area contributed by atoms with Crippen molar-refractivity contribution >= 4 is 25.6 Å². The Hall–Kier alpha value is -1.21. The predicted octanol–water partition coefficient (Wildman–Crippen LogP) is 3.06. The lowest BCUT2D eigenvalue weighted by Crippen LogP contribution is -2.37. The predicted molar refractivity (Wildman–Crippen MR) is 75.8 cm³/mol. The van der Waals surface area contributed by atoms with Gasteiger partial charge in [0.1, 0.15) is 16.3 Å². The fraction of sp³-hybridized carbons (Fsp3) is 0.462. The molecule has 8 heteroatoms. The number of carbonyl (C=O) groups is 1. The summed E-state index contributed by atoms with van der Waals surface area (Å²) in [6.45, 7) is 5.48. The fourth-order valence-corrected chi connectivity index (χ4v) is 2.61. The Balaban J connectivity index is 3.22. The van der Waals surface area contributed by atoms with Crippen LogP contribution in [0.5, 0.6) is 0 Å². The van der Waals surface area contributed by atoms with E-state index in [-0.39, 0.29) is 12.0 Å². The van der Waals surface area contributed by atoms with Crippen LogP contribution in [0.3, 0.4) is 0 Å². The Labute approximate surface area is 126 Å². The molecule has 0 aliphatic heterocycles. The molecule has 0 radical (unpaired) electrons. The molecule has 1 aromatic rings. The van der Waals surface area contributed by atoms with E-state index in [4.69, 9.17) is 10.7 Å². The van der Waals surface area contributed by atoms with Crippen molar-refractivity contribution in [3.63, 3.8) is 0 Å². The molecule has 0 bridgehead atoms. The van der Waals surface area contributed by atoms with Gasteiger partial charge < -0.3 is 5.32 Å². The summed E-state index contributed by atoms with van der Waals surface area (Å²) in [5.74, 6) is -3.55. The Morgan fingerprint density at radius 1 is 1.33 bits per heavy atom. The lowest BCUT2D eigenvalue weighted by atomic mass is 10.0. The zero-order valence-electron chi connectivity index (χ0n) is 11.8. The molecule has 0 aromatic heterocycles. The Morgan fingerprint density at radius 2 is 1.90 bits per heavy atom. The van der Waals surface area contributed by atoms with Crippen molar-refractivity contribution in [3.05, 3.63) is 29.3 Å². The summed E-state index contributed by atoms with van der Waals surface area (Å²) in [6, 6.07) is 1.06. The zero-order valence-corrected chi connectivity index (χ0v) is 13.4.